The van der Waals surface area contributed by atoms with E-state index in [0.717, 1.165) is 22.9 Å². The molecule has 1 heterocycles. The third kappa shape index (κ3) is 6.91. The van der Waals surface area contributed by atoms with Crippen LogP contribution >= 0.6 is 11.6 Å². The smallest absolute Gasteiger partial charge is 0.336 e. The molecule has 0 aliphatic heterocycles. The molecule has 34 heavy (non-hydrogen) atoms. The first-order valence-electron chi connectivity index (χ1n) is 11.2. The molecule has 0 saturated carbocycles. The SMILES string of the molecule is CCCc1cc(=O)oc2cc(OC(=O)CCCCCNS(=O)(=O)c3ccc(C)cc3)c(Cl)cc12. The van der Waals surface area contributed by atoms with Gasteiger partial charge in [-0.2, -0.15) is 0 Å². The summed E-state index contributed by atoms with van der Waals surface area (Å²) in [6.45, 7) is 4.18. The molecule has 0 spiro atoms. The van der Waals surface area contributed by atoms with E-state index >= 15 is 0 Å². The highest BCUT2D eigenvalue weighted by molar-refractivity contribution is 7.89. The van der Waals surface area contributed by atoms with Crippen LogP contribution < -0.4 is 15.1 Å². The Kier molecular flexibility index (Phi) is 8.88. The quantitative estimate of drug-likeness (QED) is 0.167. The number of aryl methyl sites for hydroxylation is 2. The standard InChI is InChI=1S/C25H28ClNO6S/c1-3-7-18-14-25(29)32-22-16-23(21(26)15-20(18)22)33-24(28)8-5-4-6-13-27-34(30,31)19-11-9-17(2)10-12-19/h9-12,14-16,27H,3-8,13H2,1-2H3. The predicted octanol–water partition coefficient (Wildman–Crippen LogP) is 5.15. The molecule has 0 saturated heterocycles. The Balaban J connectivity index is 1.48. The zero-order valence-corrected chi connectivity index (χ0v) is 20.8. The van der Waals surface area contributed by atoms with Crippen molar-refractivity contribution < 1.29 is 22.4 Å². The van der Waals surface area contributed by atoms with Crippen LogP contribution in [0.3, 0.4) is 0 Å². The Morgan fingerprint density at radius 1 is 1.09 bits per heavy atom. The first kappa shape index (κ1) is 25.9. The van der Waals surface area contributed by atoms with Crippen molar-refractivity contribution >= 4 is 38.6 Å². The molecule has 3 rings (SSSR count). The minimum absolute atomic E-state index is 0.141. The molecule has 0 atom stereocenters. The third-order valence-corrected chi connectivity index (χ3v) is 7.08. The maximum absolute atomic E-state index is 12.3. The Bertz CT molecular complexity index is 1320. The van der Waals surface area contributed by atoms with E-state index in [4.69, 9.17) is 20.8 Å². The highest BCUT2D eigenvalue weighted by atomic mass is 35.5. The summed E-state index contributed by atoms with van der Waals surface area (Å²) in [5.74, 6) is -0.324. The van der Waals surface area contributed by atoms with E-state index in [1.54, 1.807) is 30.3 Å². The Labute approximate surface area is 204 Å². The molecule has 3 aromatic rings. The summed E-state index contributed by atoms with van der Waals surface area (Å²) in [4.78, 5) is 24.3. The first-order chi connectivity index (χ1) is 16.2. The lowest BCUT2D eigenvalue weighted by atomic mass is 10.1. The van der Waals surface area contributed by atoms with Crippen LogP contribution in [0.15, 0.2) is 56.6 Å². The fourth-order valence-electron chi connectivity index (χ4n) is 3.53. The Hall–Kier alpha value is -2.68. The highest BCUT2D eigenvalue weighted by Gasteiger charge is 2.15. The number of rotatable bonds is 11. The summed E-state index contributed by atoms with van der Waals surface area (Å²) in [6, 6.07) is 11.2. The van der Waals surface area contributed by atoms with Crippen LogP contribution in [0.1, 0.15) is 50.2 Å². The lowest BCUT2D eigenvalue weighted by molar-refractivity contribution is -0.134. The molecule has 0 unspecified atom stereocenters. The van der Waals surface area contributed by atoms with Crippen LogP contribution in [0.25, 0.3) is 11.0 Å². The van der Waals surface area contributed by atoms with Crippen LogP contribution in [0, 0.1) is 6.92 Å². The van der Waals surface area contributed by atoms with E-state index in [1.807, 2.05) is 13.8 Å². The summed E-state index contributed by atoms with van der Waals surface area (Å²) in [5, 5.41) is 0.983. The van der Waals surface area contributed by atoms with Gasteiger partial charge in [-0.05, 0) is 49.9 Å². The molecular weight excluding hydrogens is 478 g/mol. The van der Waals surface area contributed by atoms with Gasteiger partial charge in [-0.3, -0.25) is 4.79 Å². The maximum atomic E-state index is 12.3. The first-order valence-corrected chi connectivity index (χ1v) is 13.1. The molecule has 2 aromatic carbocycles. The van der Waals surface area contributed by atoms with Gasteiger partial charge in [0.25, 0.3) is 0 Å². The number of carbonyl (C=O) groups is 1. The van der Waals surface area contributed by atoms with Crippen molar-refractivity contribution in [3.05, 3.63) is 69.0 Å². The van der Waals surface area contributed by atoms with Crippen LogP contribution in [-0.2, 0) is 21.2 Å². The second-order valence-corrected chi connectivity index (χ2v) is 10.3. The third-order valence-electron chi connectivity index (χ3n) is 5.31. The lowest BCUT2D eigenvalue weighted by Crippen LogP contribution is -2.24. The summed E-state index contributed by atoms with van der Waals surface area (Å²) in [5.41, 5.74) is 1.69. The van der Waals surface area contributed by atoms with Crippen molar-refractivity contribution in [1.82, 2.24) is 4.72 Å². The number of nitrogens with one attached hydrogen (secondary N) is 1. The number of ether oxygens (including phenoxy) is 1. The van der Waals surface area contributed by atoms with E-state index in [9.17, 15) is 18.0 Å². The van der Waals surface area contributed by atoms with E-state index in [-0.39, 0.29) is 28.6 Å². The van der Waals surface area contributed by atoms with E-state index in [1.165, 1.54) is 12.1 Å². The second kappa shape index (κ2) is 11.6. The molecular formula is C25H28ClNO6S. The van der Waals surface area contributed by atoms with E-state index < -0.39 is 21.6 Å². The van der Waals surface area contributed by atoms with Crippen molar-refractivity contribution in [1.29, 1.82) is 0 Å². The number of hydrogen-bond donors (Lipinski definition) is 1. The molecule has 1 aromatic heterocycles. The number of sulfonamides is 1. The molecule has 0 aliphatic carbocycles. The number of fused-ring (bicyclic) bond motifs is 1. The molecule has 0 fully saturated rings. The molecule has 0 amide bonds. The van der Waals surface area contributed by atoms with E-state index in [2.05, 4.69) is 4.72 Å². The molecule has 9 heteroatoms. The fraction of sp³-hybridized carbons (Fsp3) is 0.360. The minimum atomic E-state index is -3.54. The molecule has 1 N–H and O–H groups in total. The Morgan fingerprint density at radius 2 is 1.82 bits per heavy atom. The number of unbranched alkanes of at least 4 members (excludes halogenated alkanes) is 2. The largest absolute Gasteiger partial charge is 0.425 e. The van der Waals surface area contributed by atoms with Crippen molar-refractivity contribution in [3.8, 4) is 5.75 Å². The van der Waals surface area contributed by atoms with Gasteiger partial charge in [-0.15, -0.1) is 0 Å². The van der Waals surface area contributed by atoms with Crippen LogP contribution in [0.5, 0.6) is 5.75 Å². The van der Waals surface area contributed by atoms with Crippen LogP contribution in [-0.4, -0.2) is 20.9 Å². The lowest BCUT2D eigenvalue weighted by Gasteiger charge is -2.10. The van der Waals surface area contributed by atoms with Gasteiger partial charge in [0.15, 0.2) is 5.75 Å². The summed E-state index contributed by atoms with van der Waals surface area (Å²) in [7, 11) is -3.54. The zero-order chi connectivity index (χ0) is 24.7. The second-order valence-electron chi connectivity index (χ2n) is 8.12. The highest BCUT2D eigenvalue weighted by Crippen LogP contribution is 2.32. The summed E-state index contributed by atoms with van der Waals surface area (Å²) < 4.78 is 37.7. The average Bonchev–Trinajstić information content (AvgIpc) is 2.77. The van der Waals surface area contributed by atoms with Gasteiger partial charge in [0, 0.05) is 30.5 Å². The summed E-state index contributed by atoms with van der Waals surface area (Å²) >= 11 is 6.30. The Morgan fingerprint density at radius 3 is 2.53 bits per heavy atom. The number of hydrogen-bond acceptors (Lipinski definition) is 6. The number of carbonyl (C=O) groups excluding carboxylic acids is 1. The fourth-order valence-corrected chi connectivity index (χ4v) is 4.81. The predicted molar refractivity (Wildman–Crippen MR) is 132 cm³/mol. The monoisotopic (exact) mass is 505 g/mol. The average molecular weight is 506 g/mol. The van der Waals surface area contributed by atoms with Crippen molar-refractivity contribution in [3.63, 3.8) is 0 Å². The maximum Gasteiger partial charge on any atom is 0.336 e. The number of halogens is 1. The van der Waals surface area contributed by atoms with Gasteiger partial charge in [0.1, 0.15) is 5.58 Å². The number of benzene rings is 2. The van der Waals surface area contributed by atoms with Crippen molar-refractivity contribution in [2.75, 3.05) is 6.54 Å². The van der Waals surface area contributed by atoms with Gasteiger partial charge < -0.3 is 9.15 Å². The molecule has 0 bridgehead atoms. The molecule has 182 valence electrons. The number of esters is 1. The molecule has 0 radical (unpaired) electrons. The molecule has 0 aliphatic rings. The van der Waals surface area contributed by atoms with E-state index in [0.29, 0.717) is 31.3 Å². The zero-order valence-electron chi connectivity index (χ0n) is 19.2. The molecule has 7 nitrogen and oxygen atoms in total. The van der Waals surface area contributed by atoms with Gasteiger partial charge in [-0.25, -0.2) is 17.9 Å². The van der Waals surface area contributed by atoms with Crippen molar-refractivity contribution in [2.45, 2.75) is 57.3 Å². The van der Waals surface area contributed by atoms with Crippen molar-refractivity contribution in [2.24, 2.45) is 0 Å². The minimum Gasteiger partial charge on any atom is -0.425 e. The van der Waals surface area contributed by atoms with Gasteiger partial charge in [0.05, 0.1) is 9.92 Å². The summed E-state index contributed by atoms with van der Waals surface area (Å²) in [6.07, 6.45) is 3.48. The normalized spacial score (nSPS) is 11.6. The van der Waals surface area contributed by atoms with Gasteiger partial charge in [-0.1, -0.05) is 49.1 Å². The topological polar surface area (TPSA) is 103 Å². The van der Waals surface area contributed by atoms with Crippen LogP contribution in [0.2, 0.25) is 5.02 Å². The van der Waals surface area contributed by atoms with Gasteiger partial charge in [0.2, 0.25) is 10.0 Å². The van der Waals surface area contributed by atoms with Gasteiger partial charge >= 0.3 is 11.6 Å². The van der Waals surface area contributed by atoms with Crippen LogP contribution in [0.4, 0.5) is 0 Å².